The third kappa shape index (κ3) is 3.05. The van der Waals surface area contributed by atoms with Crippen LogP contribution in [0.25, 0.3) is 20.9 Å². The quantitative estimate of drug-likeness (QED) is 0.403. The maximum atomic E-state index is 12.4. The van der Waals surface area contributed by atoms with E-state index in [0.29, 0.717) is 0 Å². The zero-order chi connectivity index (χ0) is 18.1. The zero-order valence-corrected chi connectivity index (χ0v) is 14.9. The van der Waals surface area contributed by atoms with Crippen LogP contribution in [0.5, 0.6) is 5.75 Å². The van der Waals surface area contributed by atoms with Gasteiger partial charge in [0.05, 0.1) is 16.2 Å². The number of phenolic OH excluding ortho intramolecular Hbond substituents is 1. The number of carbonyl (C=O) groups excluding carboxylic acids is 1. The predicted molar refractivity (Wildman–Crippen MR) is 107 cm³/mol. The average molecular weight is 360 g/mol. The van der Waals surface area contributed by atoms with Crippen LogP contribution < -0.4 is 5.43 Å². The van der Waals surface area contributed by atoms with Gasteiger partial charge in [0.1, 0.15) is 5.75 Å². The summed E-state index contributed by atoms with van der Waals surface area (Å²) in [6.07, 6.45) is 0. The molecule has 26 heavy (non-hydrogen) atoms. The lowest BCUT2D eigenvalue weighted by Gasteiger charge is -2.06. The van der Waals surface area contributed by atoms with Crippen LogP contribution in [0.4, 0.5) is 0 Å². The van der Waals surface area contributed by atoms with Gasteiger partial charge in [-0.3, -0.25) is 4.79 Å². The number of rotatable bonds is 3. The van der Waals surface area contributed by atoms with E-state index < -0.39 is 5.91 Å². The third-order valence-corrected chi connectivity index (χ3v) is 5.44. The number of nitrogens with one attached hydrogen (secondary N) is 1. The number of hydrogen-bond donors (Lipinski definition) is 2. The largest absolute Gasteiger partial charge is 0.507 e. The topological polar surface area (TPSA) is 61.7 Å². The Kier molecular flexibility index (Phi) is 4.14. The fourth-order valence-corrected chi connectivity index (χ4v) is 3.83. The summed E-state index contributed by atoms with van der Waals surface area (Å²) in [5.41, 5.74) is 3.47. The fourth-order valence-electron chi connectivity index (χ4n) is 2.82. The first-order valence-electron chi connectivity index (χ1n) is 8.17. The summed E-state index contributed by atoms with van der Waals surface area (Å²) in [6, 6.07) is 21.0. The molecule has 4 nitrogen and oxygen atoms in total. The van der Waals surface area contributed by atoms with Crippen molar-refractivity contribution in [1.82, 2.24) is 5.43 Å². The van der Waals surface area contributed by atoms with Gasteiger partial charge in [0.2, 0.25) is 0 Å². The Hall–Kier alpha value is -3.18. The van der Waals surface area contributed by atoms with Gasteiger partial charge in [-0.25, -0.2) is 5.43 Å². The van der Waals surface area contributed by atoms with Crippen molar-refractivity contribution in [2.24, 2.45) is 5.10 Å². The van der Waals surface area contributed by atoms with Gasteiger partial charge >= 0.3 is 0 Å². The maximum Gasteiger partial charge on any atom is 0.275 e. The van der Waals surface area contributed by atoms with Crippen LogP contribution in [0.15, 0.2) is 71.8 Å². The minimum absolute atomic E-state index is 0.0593. The molecule has 4 aromatic rings. The molecule has 1 heterocycles. The van der Waals surface area contributed by atoms with Crippen molar-refractivity contribution in [3.05, 3.63) is 77.2 Å². The van der Waals surface area contributed by atoms with E-state index in [-0.39, 0.29) is 11.3 Å². The van der Waals surface area contributed by atoms with Gasteiger partial charge in [-0.1, -0.05) is 42.5 Å². The van der Waals surface area contributed by atoms with Crippen molar-refractivity contribution < 1.29 is 9.90 Å². The van der Waals surface area contributed by atoms with Gasteiger partial charge in [0.25, 0.3) is 5.91 Å². The smallest absolute Gasteiger partial charge is 0.275 e. The minimum atomic E-state index is -0.436. The van der Waals surface area contributed by atoms with E-state index in [2.05, 4.69) is 22.7 Å². The van der Waals surface area contributed by atoms with E-state index in [1.807, 2.05) is 49.4 Å². The molecule has 0 fully saturated rings. The predicted octanol–water partition coefficient (Wildman–Crippen LogP) is 4.91. The first kappa shape index (κ1) is 16.3. The molecule has 2 N–H and O–H groups in total. The highest BCUT2D eigenvalue weighted by atomic mass is 32.1. The van der Waals surface area contributed by atoms with E-state index in [1.54, 1.807) is 23.5 Å². The van der Waals surface area contributed by atoms with Gasteiger partial charge < -0.3 is 5.11 Å². The molecule has 0 unspecified atom stereocenters. The van der Waals surface area contributed by atoms with Crippen LogP contribution in [0.2, 0.25) is 0 Å². The molecule has 1 aromatic heterocycles. The summed E-state index contributed by atoms with van der Waals surface area (Å²) < 4.78 is 1.18. The van der Waals surface area contributed by atoms with Crippen LogP contribution >= 0.6 is 11.3 Å². The molecular weight excluding hydrogens is 344 g/mol. The second kappa shape index (κ2) is 6.61. The molecule has 4 rings (SSSR count). The van der Waals surface area contributed by atoms with E-state index in [9.17, 15) is 9.90 Å². The third-order valence-electron chi connectivity index (χ3n) is 4.22. The van der Waals surface area contributed by atoms with Gasteiger partial charge in [-0.2, -0.15) is 5.10 Å². The lowest BCUT2D eigenvalue weighted by atomic mass is 10.1. The Bertz CT molecular complexity index is 1130. The van der Waals surface area contributed by atoms with Crippen molar-refractivity contribution in [3.63, 3.8) is 0 Å². The molecule has 0 atom stereocenters. The van der Waals surface area contributed by atoms with Crippen LogP contribution in [-0.2, 0) is 0 Å². The summed E-state index contributed by atoms with van der Waals surface area (Å²) in [6.45, 7) is 1.85. The molecule has 0 saturated carbocycles. The maximum absolute atomic E-state index is 12.4. The molecular formula is C21H16N2O2S. The molecule has 128 valence electrons. The normalized spacial score (nSPS) is 11.8. The van der Waals surface area contributed by atoms with Crippen molar-refractivity contribution in [2.75, 3.05) is 0 Å². The average Bonchev–Trinajstić information content (AvgIpc) is 3.09. The molecule has 0 aliphatic carbocycles. The van der Waals surface area contributed by atoms with Crippen LogP contribution in [0, 0.1) is 0 Å². The Labute approximate surface area is 154 Å². The molecule has 0 aliphatic rings. The van der Waals surface area contributed by atoms with E-state index in [1.165, 1.54) is 4.70 Å². The number of phenols is 1. The summed E-state index contributed by atoms with van der Waals surface area (Å²) in [4.78, 5) is 13.4. The number of nitrogens with zero attached hydrogens (tertiary/aromatic N) is 1. The van der Waals surface area contributed by atoms with Crippen molar-refractivity contribution in [2.45, 2.75) is 6.92 Å². The zero-order valence-electron chi connectivity index (χ0n) is 14.1. The fraction of sp³-hybridized carbons (Fsp3) is 0.0476. The van der Waals surface area contributed by atoms with Gasteiger partial charge in [-0.05, 0) is 47.3 Å². The summed E-state index contributed by atoms with van der Waals surface area (Å²) in [5.74, 6) is -0.496. The number of hydrogen-bond acceptors (Lipinski definition) is 4. The first-order valence-corrected chi connectivity index (χ1v) is 8.99. The number of carbonyl (C=O) groups is 1. The van der Waals surface area contributed by atoms with Crippen molar-refractivity contribution >= 4 is 43.8 Å². The summed E-state index contributed by atoms with van der Waals surface area (Å²) in [5, 5.41) is 17.3. The minimum Gasteiger partial charge on any atom is -0.507 e. The lowest BCUT2D eigenvalue weighted by Crippen LogP contribution is -2.19. The van der Waals surface area contributed by atoms with E-state index in [0.717, 1.165) is 26.7 Å². The second-order valence-electron chi connectivity index (χ2n) is 6.00. The molecule has 0 saturated heterocycles. The highest BCUT2D eigenvalue weighted by molar-refractivity contribution is 7.20. The number of amides is 1. The standard InChI is InChI=1S/C21H16N2O2S/c1-13(20-12-16-8-4-5-9-19(16)26-20)22-23-21(25)17-10-14-6-2-3-7-15(14)11-18(17)24/h2-12,24H,1H3,(H,23,25)/b22-13+. The SMILES string of the molecule is C/C(=N\NC(=O)c1cc2ccccc2cc1O)c1cc2ccccc2s1. The summed E-state index contributed by atoms with van der Waals surface area (Å²) in [7, 11) is 0. The lowest BCUT2D eigenvalue weighted by molar-refractivity contribution is 0.0952. The Morgan fingerprint density at radius 1 is 0.962 bits per heavy atom. The molecule has 3 aromatic carbocycles. The van der Waals surface area contributed by atoms with Crippen molar-refractivity contribution in [3.8, 4) is 5.75 Å². The number of aromatic hydroxyl groups is 1. The van der Waals surface area contributed by atoms with E-state index >= 15 is 0 Å². The van der Waals surface area contributed by atoms with Crippen LogP contribution in [0.1, 0.15) is 22.2 Å². The molecule has 0 spiro atoms. The van der Waals surface area contributed by atoms with E-state index in [4.69, 9.17) is 0 Å². The highest BCUT2D eigenvalue weighted by Gasteiger charge is 2.12. The van der Waals surface area contributed by atoms with Crippen molar-refractivity contribution in [1.29, 1.82) is 0 Å². The Balaban J connectivity index is 1.59. The van der Waals surface area contributed by atoms with Gasteiger partial charge in [0, 0.05) is 4.70 Å². The Morgan fingerprint density at radius 2 is 1.62 bits per heavy atom. The highest BCUT2D eigenvalue weighted by Crippen LogP contribution is 2.26. The van der Waals surface area contributed by atoms with Gasteiger partial charge in [0.15, 0.2) is 0 Å². The van der Waals surface area contributed by atoms with Gasteiger partial charge in [-0.15, -0.1) is 11.3 Å². The van der Waals surface area contributed by atoms with Crippen LogP contribution in [0.3, 0.4) is 0 Å². The number of hydrazone groups is 1. The summed E-state index contributed by atoms with van der Waals surface area (Å²) >= 11 is 1.63. The first-order chi connectivity index (χ1) is 12.6. The molecule has 5 heteroatoms. The Morgan fingerprint density at radius 3 is 2.35 bits per heavy atom. The molecule has 1 amide bonds. The number of fused-ring (bicyclic) bond motifs is 2. The monoisotopic (exact) mass is 360 g/mol. The number of benzene rings is 3. The molecule has 0 bridgehead atoms. The molecule has 0 aliphatic heterocycles. The molecule has 0 radical (unpaired) electrons. The number of thiophene rings is 1. The second-order valence-corrected chi connectivity index (χ2v) is 7.09. The van der Waals surface area contributed by atoms with Crippen LogP contribution in [-0.4, -0.2) is 16.7 Å².